The Bertz CT molecular complexity index is 529. The summed E-state index contributed by atoms with van der Waals surface area (Å²) in [6.45, 7) is 1.50. The van der Waals surface area contributed by atoms with E-state index in [1.165, 1.54) is 10.8 Å². The number of ether oxygens (including phenoxy) is 1. The Morgan fingerprint density at radius 3 is 2.95 bits per heavy atom. The van der Waals surface area contributed by atoms with Gasteiger partial charge in [-0.15, -0.1) is 0 Å². The predicted molar refractivity (Wildman–Crippen MR) is 71.5 cm³/mol. The maximum Gasteiger partial charge on any atom is 0.351 e. The summed E-state index contributed by atoms with van der Waals surface area (Å²) in [4.78, 5) is 15.5. The van der Waals surface area contributed by atoms with E-state index in [0.29, 0.717) is 10.9 Å². The molecule has 7 nitrogen and oxygen atoms in total. The van der Waals surface area contributed by atoms with Crippen molar-refractivity contribution in [2.75, 3.05) is 12.3 Å². The van der Waals surface area contributed by atoms with Gasteiger partial charge in [0.15, 0.2) is 0 Å². The summed E-state index contributed by atoms with van der Waals surface area (Å²) in [5.74, 6) is 0.101. The van der Waals surface area contributed by atoms with Gasteiger partial charge in [-0.3, -0.25) is 4.57 Å². The predicted octanol–water partition coefficient (Wildman–Crippen LogP) is 0.00890. The fourth-order valence-electron chi connectivity index (χ4n) is 2.21. The fourth-order valence-corrected chi connectivity index (χ4v) is 2.52. The number of rotatable bonds is 3. The summed E-state index contributed by atoms with van der Waals surface area (Å²) in [6.07, 6.45) is 0.631. The first kappa shape index (κ1) is 14.4. The quantitative estimate of drug-likeness (QED) is 0.718. The summed E-state index contributed by atoms with van der Waals surface area (Å²) in [5.41, 5.74) is 3.94. The van der Waals surface area contributed by atoms with Crippen LogP contribution in [0.25, 0.3) is 0 Å². The van der Waals surface area contributed by atoms with Crippen LogP contribution in [0.3, 0.4) is 0 Å². The SMILES string of the molecule is CC[C@]1(CO)O[C@@H](n2cc(Br)c(N)nc2=O)C[C@@H]1O. The minimum atomic E-state index is -1.03. The summed E-state index contributed by atoms with van der Waals surface area (Å²) in [7, 11) is 0. The molecule has 0 saturated carbocycles. The monoisotopic (exact) mass is 333 g/mol. The Hall–Kier alpha value is -0.960. The lowest BCUT2D eigenvalue weighted by Gasteiger charge is -2.28. The number of nitrogens with two attached hydrogens (primary N) is 1. The van der Waals surface area contributed by atoms with Gasteiger partial charge in [-0.1, -0.05) is 6.92 Å². The van der Waals surface area contributed by atoms with Crippen LogP contribution in [0.15, 0.2) is 15.5 Å². The Kier molecular flexibility index (Phi) is 3.95. The van der Waals surface area contributed by atoms with Crippen molar-refractivity contribution in [1.82, 2.24) is 9.55 Å². The number of aromatic nitrogens is 2. The van der Waals surface area contributed by atoms with Crippen LogP contribution in [0.2, 0.25) is 0 Å². The molecule has 8 heteroatoms. The second kappa shape index (κ2) is 5.20. The van der Waals surface area contributed by atoms with Crippen LogP contribution in [-0.2, 0) is 4.74 Å². The Morgan fingerprint density at radius 1 is 1.74 bits per heavy atom. The molecule has 106 valence electrons. The molecule has 0 unspecified atom stereocenters. The average molecular weight is 334 g/mol. The molecule has 0 aliphatic carbocycles. The molecule has 0 bridgehead atoms. The summed E-state index contributed by atoms with van der Waals surface area (Å²) in [5, 5.41) is 19.4. The molecule has 0 amide bonds. The standard InChI is InChI=1S/C11H16BrN3O4/c1-2-11(5-16)7(17)3-8(19-11)15-4-6(12)9(13)14-10(15)18/h4,7-8,16-17H,2-3,5H2,1H3,(H2,13,14,18)/t7-,8+,11+/m0/s1. The molecule has 1 aromatic heterocycles. The van der Waals surface area contributed by atoms with Crippen LogP contribution in [0.5, 0.6) is 0 Å². The highest BCUT2D eigenvalue weighted by Crippen LogP contribution is 2.38. The van der Waals surface area contributed by atoms with E-state index in [4.69, 9.17) is 10.5 Å². The second-order valence-electron chi connectivity index (χ2n) is 4.56. The maximum absolute atomic E-state index is 11.8. The molecule has 0 radical (unpaired) electrons. The van der Waals surface area contributed by atoms with Crippen molar-refractivity contribution >= 4 is 21.7 Å². The topological polar surface area (TPSA) is 111 Å². The average Bonchev–Trinajstić information content (AvgIpc) is 2.71. The Labute approximate surface area is 118 Å². The summed E-state index contributed by atoms with van der Waals surface area (Å²) >= 11 is 3.19. The van der Waals surface area contributed by atoms with Crippen molar-refractivity contribution in [2.45, 2.75) is 37.7 Å². The third kappa shape index (κ3) is 2.40. The van der Waals surface area contributed by atoms with E-state index in [1.807, 2.05) is 6.92 Å². The molecule has 0 aromatic carbocycles. The zero-order chi connectivity index (χ0) is 14.2. The lowest BCUT2D eigenvalue weighted by molar-refractivity contribution is -0.130. The Morgan fingerprint density at radius 2 is 2.42 bits per heavy atom. The van der Waals surface area contributed by atoms with E-state index in [9.17, 15) is 15.0 Å². The minimum absolute atomic E-state index is 0.101. The van der Waals surface area contributed by atoms with Gasteiger partial charge in [0.2, 0.25) is 0 Å². The highest BCUT2D eigenvalue weighted by atomic mass is 79.9. The number of aliphatic hydroxyl groups excluding tert-OH is 2. The third-order valence-electron chi connectivity index (χ3n) is 3.51. The van der Waals surface area contributed by atoms with E-state index in [0.717, 1.165) is 0 Å². The summed E-state index contributed by atoms with van der Waals surface area (Å²) < 4.78 is 7.42. The van der Waals surface area contributed by atoms with Gasteiger partial charge in [0.05, 0.1) is 17.2 Å². The number of hydrogen-bond acceptors (Lipinski definition) is 6. The summed E-state index contributed by atoms with van der Waals surface area (Å²) in [6, 6.07) is 0. The van der Waals surface area contributed by atoms with Gasteiger partial charge in [0, 0.05) is 12.6 Å². The highest BCUT2D eigenvalue weighted by Gasteiger charge is 2.47. The first-order valence-corrected chi connectivity index (χ1v) is 6.73. The molecular weight excluding hydrogens is 318 g/mol. The second-order valence-corrected chi connectivity index (χ2v) is 5.42. The van der Waals surface area contributed by atoms with Gasteiger partial charge in [-0.25, -0.2) is 4.79 Å². The van der Waals surface area contributed by atoms with Gasteiger partial charge in [-0.05, 0) is 22.4 Å². The van der Waals surface area contributed by atoms with E-state index in [-0.39, 0.29) is 18.8 Å². The van der Waals surface area contributed by atoms with Crippen LogP contribution < -0.4 is 11.4 Å². The van der Waals surface area contributed by atoms with Gasteiger partial charge < -0.3 is 20.7 Å². The number of hydrogen-bond donors (Lipinski definition) is 3. The number of aliphatic hydroxyl groups is 2. The van der Waals surface area contributed by atoms with Gasteiger partial charge in [0.25, 0.3) is 0 Å². The van der Waals surface area contributed by atoms with E-state index < -0.39 is 23.6 Å². The number of anilines is 1. The van der Waals surface area contributed by atoms with Gasteiger partial charge in [0.1, 0.15) is 17.6 Å². The van der Waals surface area contributed by atoms with Crippen LogP contribution in [0, 0.1) is 0 Å². The molecule has 0 spiro atoms. The molecular formula is C11H16BrN3O4. The molecule has 1 aliphatic heterocycles. The Balaban J connectivity index is 2.36. The van der Waals surface area contributed by atoms with Crippen LogP contribution >= 0.6 is 15.9 Å². The van der Waals surface area contributed by atoms with Gasteiger partial charge >= 0.3 is 5.69 Å². The molecule has 1 aromatic rings. The third-order valence-corrected chi connectivity index (χ3v) is 4.12. The van der Waals surface area contributed by atoms with Gasteiger partial charge in [-0.2, -0.15) is 4.98 Å². The number of nitrogen functional groups attached to an aromatic ring is 1. The van der Waals surface area contributed by atoms with Crippen LogP contribution in [-0.4, -0.2) is 38.1 Å². The lowest BCUT2D eigenvalue weighted by Crippen LogP contribution is -2.42. The van der Waals surface area contributed by atoms with Crippen LogP contribution in [0.4, 0.5) is 5.82 Å². The lowest BCUT2D eigenvalue weighted by atomic mass is 9.95. The van der Waals surface area contributed by atoms with Crippen LogP contribution in [0.1, 0.15) is 26.0 Å². The zero-order valence-electron chi connectivity index (χ0n) is 10.4. The first-order chi connectivity index (χ1) is 8.93. The zero-order valence-corrected chi connectivity index (χ0v) is 12.0. The molecule has 2 rings (SSSR count). The van der Waals surface area contributed by atoms with Crippen molar-refractivity contribution in [1.29, 1.82) is 0 Å². The molecule has 1 saturated heterocycles. The molecule has 2 heterocycles. The highest BCUT2D eigenvalue weighted by molar-refractivity contribution is 9.10. The van der Waals surface area contributed by atoms with Crippen molar-refractivity contribution in [2.24, 2.45) is 0 Å². The molecule has 19 heavy (non-hydrogen) atoms. The van der Waals surface area contributed by atoms with E-state index in [2.05, 4.69) is 20.9 Å². The normalized spacial score (nSPS) is 30.7. The number of nitrogens with zero attached hydrogens (tertiary/aromatic N) is 2. The van der Waals surface area contributed by atoms with Crippen molar-refractivity contribution in [3.63, 3.8) is 0 Å². The number of halogens is 1. The van der Waals surface area contributed by atoms with Crippen molar-refractivity contribution < 1.29 is 14.9 Å². The van der Waals surface area contributed by atoms with Crippen molar-refractivity contribution in [3.8, 4) is 0 Å². The maximum atomic E-state index is 11.8. The fraction of sp³-hybridized carbons (Fsp3) is 0.636. The first-order valence-electron chi connectivity index (χ1n) is 5.94. The molecule has 1 aliphatic rings. The smallest absolute Gasteiger partial charge is 0.351 e. The largest absolute Gasteiger partial charge is 0.393 e. The van der Waals surface area contributed by atoms with E-state index >= 15 is 0 Å². The van der Waals surface area contributed by atoms with Crippen molar-refractivity contribution in [3.05, 3.63) is 21.2 Å². The van der Waals surface area contributed by atoms with E-state index in [1.54, 1.807) is 0 Å². The minimum Gasteiger partial charge on any atom is -0.393 e. The molecule has 1 fully saturated rings. The molecule has 4 N–H and O–H groups in total. The molecule has 3 atom stereocenters.